The minimum absolute atomic E-state index is 0.215. The van der Waals surface area contributed by atoms with Gasteiger partial charge in [-0.05, 0) is 48.7 Å². The van der Waals surface area contributed by atoms with Crippen molar-refractivity contribution in [3.8, 4) is 0 Å². The fraction of sp³-hybridized carbons (Fsp3) is 0.167. The number of rotatable bonds is 3. The molecule has 0 bridgehead atoms. The second-order valence-corrected chi connectivity index (χ2v) is 10.0. The first-order valence-electron chi connectivity index (χ1n) is 9.88. The highest BCUT2D eigenvalue weighted by molar-refractivity contribution is 7.89. The van der Waals surface area contributed by atoms with Crippen LogP contribution < -0.4 is 0 Å². The van der Waals surface area contributed by atoms with E-state index in [4.69, 9.17) is 11.6 Å². The molecule has 0 spiro atoms. The van der Waals surface area contributed by atoms with Gasteiger partial charge in [0.1, 0.15) is 0 Å². The Balaban J connectivity index is 1.72. The number of sulfonamides is 1. The highest BCUT2D eigenvalue weighted by Crippen LogP contribution is 2.41. The number of hydrogen-bond acceptors (Lipinski definition) is 2. The van der Waals surface area contributed by atoms with E-state index in [1.807, 2.05) is 49.4 Å². The largest absolute Gasteiger partial charge is 0.357 e. The van der Waals surface area contributed by atoms with E-state index in [0.717, 1.165) is 27.7 Å². The second-order valence-electron chi connectivity index (χ2n) is 7.70. The van der Waals surface area contributed by atoms with Gasteiger partial charge in [0.05, 0.1) is 10.9 Å². The predicted molar refractivity (Wildman–Crippen MR) is 120 cm³/mol. The molecule has 5 rings (SSSR count). The number of nitrogens with one attached hydrogen (secondary N) is 1. The SMILES string of the molecule is Cc1ccc(C2c3[nH]c4ccccc4c3CCN2S(=O)(=O)c2cccc(Cl)c2)cc1. The second kappa shape index (κ2) is 7.27. The lowest BCUT2D eigenvalue weighted by Gasteiger charge is -2.35. The summed E-state index contributed by atoms with van der Waals surface area (Å²) in [5.41, 5.74) is 5.24. The Kier molecular flexibility index (Phi) is 4.69. The van der Waals surface area contributed by atoms with Crippen molar-refractivity contribution < 1.29 is 8.42 Å². The lowest BCUT2D eigenvalue weighted by molar-refractivity contribution is 0.340. The number of fused-ring (bicyclic) bond motifs is 3. The van der Waals surface area contributed by atoms with E-state index in [1.54, 1.807) is 22.5 Å². The van der Waals surface area contributed by atoms with Gasteiger partial charge in [0.25, 0.3) is 0 Å². The summed E-state index contributed by atoms with van der Waals surface area (Å²) in [4.78, 5) is 3.73. The van der Waals surface area contributed by atoms with Gasteiger partial charge in [-0.1, -0.05) is 65.7 Å². The third-order valence-electron chi connectivity index (χ3n) is 5.79. The summed E-state index contributed by atoms with van der Waals surface area (Å²) in [5, 5.41) is 1.57. The van der Waals surface area contributed by atoms with Gasteiger partial charge in [-0.25, -0.2) is 8.42 Å². The normalized spacial score (nSPS) is 17.2. The average Bonchev–Trinajstić information content (AvgIpc) is 3.12. The quantitative estimate of drug-likeness (QED) is 0.463. The van der Waals surface area contributed by atoms with Gasteiger partial charge >= 0.3 is 0 Å². The Morgan fingerprint density at radius 3 is 2.53 bits per heavy atom. The van der Waals surface area contributed by atoms with Crippen LogP contribution >= 0.6 is 11.6 Å². The minimum atomic E-state index is -3.74. The molecule has 4 aromatic rings. The molecule has 2 heterocycles. The lowest BCUT2D eigenvalue weighted by atomic mass is 9.94. The monoisotopic (exact) mass is 436 g/mol. The molecule has 0 amide bonds. The Morgan fingerprint density at radius 1 is 1.00 bits per heavy atom. The number of aromatic amines is 1. The van der Waals surface area contributed by atoms with Crippen LogP contribution in [0.15, 0.2) is 77.7 Å². The van der Waals surface area contributed by atoms with Crippen LogP contribution in [0.2, 0.25) is 5.02 Å². The smallest absolute Gasteiger partial charge is 0.244 e. The first-order valence-corrected chi connectivity index (χ1v) is 11.7. The van der Waals surface area contributed by atoms with Crippen LogP contribution in [-0.4, -0.2) is 24.3 Å². The first-order chi connectivity index (χ1) is 14.4. The van der Waals surface area contributed by atoms with Crippen molar-refractivity contribution in [2.45, 2.75) is 24.3 Å². The molecule has 0 fully saturated rings. The summed E-state index contributed by atoms with van der Waals surface area (Å²) >= 11 is 6.11. The molecule has 0 saturated carbocycles. The average molecular weight is 437 g/mol. The molecule has 1 aromatic heterocycles. The number of aromatic nitrogens is 1. The molecule has 1 aliphatic heterocycles. The van der Waals surface area contributed by atoms with Crippen molar-refractivity contribution in [1.82, 2.24) is 9.29 Å². The molecule has 1 N–H and O–H groups in total. The maximum atomic E-state index is 13.7. The van der Waals surface area contributed by atoms with Gasteiger partial charge in [-0.15, -0.1) is 0 Å². The maximum Gasteiger partial charge on any atom is 0.244 e. The molecule has 1 atom stereocenters. The Labute approximate surface area is 181 Å². The predicted octanol–water partition coefficient (Wildman–Crippen LogP) is 5.47. The van der Waals surface area contributed by atoms with Gasteiger partial charge in [-0.3, -0.25) is 0 Å². The van der Waals surface area contributed by atoms with Crippen molar-refractivity contribution >= 4 is 32.5 Å². The van der Waals surface area contributed by atoms with Gasteiger partial charge in [0.15, 0.2) is 0 Å². The summed E-state index contributed by atoms with van der Waals surface area (Å²) in [5.74, 6) is 0. The van der Waals surface area contributed by atoms with E-state index in [0.29, 0.717) is 18.0 Å². The number of H-pyrrole nitrogens is 1. The molecular formula is C24H21ClN2O2S. The van der Waals surface area contributed by atoms with E-state index < -0.39 is 16.1 Å². The maximum absolute atomic E-state index is 13.7. The molecule has 0 radical (unpaired) electrons. The molecule has 30 heavy (non-hydrogen) atoms. The Hall–Kier alpha value is -2.60. The van der Waals surface area contributed by atoms with E-state index >= 15 is 0 Å². The lowest BCUT2D eigenvalue weighted by Crippen LogP contribution is -2.40. The number of para-hydroxylation sites is 1. The van der Waals surface area contributed by atoms with E-state index in [2.05, 4.69) is 11.1 Å². The summed E-state index contributed by atoms with van der Waals surface area (Å²) in [6, 6.07) is 22.3. The van der Waals surface area contributed by atoms with Crippen molar-refractivity contribution in [2.75, 3.05) is 6.54 Å². The summed E-state index contributed by atoms with van der Waals surface area (Å²) in [7, 11) is -3.74. The standard InChI is InChI=1S/C24H21ClN2O2S/c1-16-9-11-17(12-10-16)24-23-21(20-7-2-3-8-22(20)26-23)13-14-27(24)30(28,29)19-6-4-5-18(25)15-19/h2-12,15,24,26H,13-14H2,1H3. The van der Waals surface area contributed by atoms with Crippen molar-refractivity contribution in [3.05, 3.63) is 100 Å². The molecule has 0 saturated heterocycles. The van der Waals surface area contributed by atoms with Crippen LogP contribution in [0, 0.1) is 6.92 Å². The highest BCUT2D eigenvalue weighted by atomic mass is 35.5. The van der Waals surface area contributed by atoms with E-state index in [1.165, 1.54) is 11.6 Å². The Bertz CT molecular complexity index is 1340. The van der Waals surface area contributed by atoms with E-state index in [-0.39, 0.29) is 4.90 Å². The molecule has 1 aliphatic rings. The fourth-order valence-electron chi connectivity index (χ4n) is 4.32. The molecule has 1 unspecified atom stereocenters. The van der Waals surface area contributed by atoms with Crippen molar-refractivity contribution in [1.29, 1.82) is 0 Å². The van der Waals surface area contributed by atoms with Crippen LogP contribution in [0.25, 0.3) is 10.9 Å². The molecule has 4 nitrogen and oxygen atoms in total. The number of nitrogens with zero attached hydrogens (tertiary/aromatic N) is 1. The molecular weight excluding hydrogens is 416 g/mol. The molecule has 6 heteroatoms. The van der Waals surface area contributed by atoms with Crippen LogP contribution in [0.1, 0.15) is 28.4 Å². The fourth-order valence-corrected chi connectivity index (χ4v) is 6.21. The number of halogens is 1. The minimum Gasteiger partial charge on any atom is -0.357 e. The number of hydrogen-bond donors (Lipinski definition) is 1. The topological polar surface area (TPSA) is 53.2 Å². The number of aryl methyl sites for hydroxylation is 1. The zero-order valence-electron chi connectivity index (χ0n) is 16.5. The van der Waals surface area contributed by atoms with Gasteiger partial charge < -0.3 is 4.98 Å². The molecule has 0 aliphatic carbocycles. The number of benzene rings is 3. The highest BCUT2D eigenvalue weighted by Gasteiger charge is 2.39. The van der Waals surface area contributed by atoms with Gasteiger partial charge in [-0.2, -0.15) is 4.31 Å². The first kappa shape index (κ1) is 19.4. The summed E-state index contributed by atoms with van der Waals surface area (Å²) in [6.45, 7) is 2.43. The van der Waals surface area contributed by atoms with Crippen LogP contribution in [0.3, 0.4) is 0 Å². The van der Waals surface area contributed by atoms with Crippen LogP contribution in [-0.2, 0) is 16.4 Å². The zero-order valence-corrected chi connectivity index (χ0v) is 18.0. The Morgan fingerprint density at radius 2 is 1.77 bits per heavy atom. The van der Waals surface area contributed by atoms with Crippen molar-refractivity contribution in [2.24, 2.45) is 0 Å². The third-order valence-corrected chi connectivity index (χ3v) is 7.88. The summed E-state index contributed by atoms with van der Waals surface area (Å²) < 4.78 is 28.9. The summed E-state index contributed by atoms with van der Waals surface area (Å²) in [6.07, 6.45) is 0.654. The van der Waals surface area contributed by atoms with Crippen LogP contribution in [0.5, 0.6) is 0 Å². The van der Waals surface area contributed by atoms with Crippen LogP contribution in [0.4, 0.5) is 0 Å². The van der Waals surface area contributed by atoms with Crippen molar-refractivity contribution in [3.63, 3.8) is 0 Å². The zero-order chi connectivity index (χ0) is 20.9. The van der Waals surface area contributed by atoms with Gasteiger partial charge in [0.2, 0.25) is 10.0 Å². The molecule has 152 valence electrons. The van der Waals surface area contributed by atoms with E-state index in [9.17, 15) is 8.42 Å². The third kappa shape index (κ3) is 3.14. The van der Waals surface area contributed by atoms with Gasteiger partial charge in [0, 0.05) is 28.2 Å². The molecule has 3 aromatic carbocycles.